The average molecular weight is 568 g/mol. The number of alkyl halides is 6. The van der Waals surface area contributed by atoms with Crippen molar-refractivity contribution in [2.24, 2.45) is 0 Å². The molecule has 0 N–H and O–H groups in total. The summed E-state index contributed by atoms with van der Waals surface area (Å²) in [7, 11) is -2.05. The highest BCUT2D eigenvalue weighted by atomic mass is 19.4. The van der Waals surface area contributed by atoms with Gasteiger partial charge < -0.3 is 18.6 Å². The lowest BCUT2D eigenvalue weighted by atomic mass is 9.77. The molecule has 0 atom stereocenters. The molecule has 216 valence electrons. The largest absolute Gasteiger partial charge is 0.494 e. The number of hydrogen-bond donors (Lipinski definition) is 0. The van der Waals surface area contributed by atoms with Gasteiger partial charge in [0.2, 0.25) is 0 Å². The van der Waals surface area contributed by atoms with Crippen LogP contribution in [0, 0.1) is 0 Å². The van der Waals surface area contributed by atoms with E-state index in [0.717, 1.165) is 24.3 Å². The van der Waals surface area contributed by atoms with E-state index in [2.05, 4.69) is 0 Å². The fraction of sp³-hybridized carbons (Fsp3) is 0.500. The molecule has 40 heavy (non-hydrogen) atoms. The number of hydrogen-bond acceptors (Lipinski definition) is 4. The van der Waals surface area contributed by atoms with Crippen LogP contribution in [-0.2, 0) is 31.0 Å². The van der Waals surface area contributed by atoms with E-state index in [4.69, 9.17) is 18.6 Å². The normalized spacial score (nSPS) is 21.9. The Hall–Kier alpha value is -2.27. The molecular formula is C28H32B2F6O4. The summed E-state index contributed by atoms with van der Waals surface area (Å²) in [4.78, 5) is 0. The average Bonchev–Trinajstić information content (AvgIpc) is 3.15. The van der Waals surface area contributed by atoms with Crippen molar-refractivity contribution in [1.29, 1.82) is 0 Å². The van der Waals surface area contributed by atoms with Crippen LogP contribution < -0.4 is 10.9 Å². The third-order valence-electron chi connectivity index (χ3n) is 8.26. The van der Waals surface area contributed by atoms with Crippen LogP contribution in [-0.4, -0.2) is 36.6 Å². The van der Waals surface area contributed by atoms with Crippen molar-refractivity contribution in [3.63, 3.8) is 0 Å². The maximum atomic E-state index is 14.0. The van der Waals surface area contributed by atoms with Gasteiger partial charge in [0.15, 0.2) is 0 Å². The van der Waals surface area contributed by atoms with Crippen molar-refractivity contribution in [1.82, 2.24) is 0 Å². The smallest absolute Gasteiger partial charge is 0.399 e. The van der Waals surface area contributed by atoms with Crippen LogP contribution >= 0.6 is 0 Å². The molecule has 4 nitrogen and oxygen atoms in total. The summed E-state index contributed by atoms with van der Waals surface area (Å²) in [6.45, 7) is 14.3. The van der Waals surface area contributed by atoms with Crippen LogP contribution in [0.5, 0.6) is 0 Å². The second kappa shape index (κ2) is 9.64. The Bertz CT molecular complexity index is 1180. The molecule has 12 heteroatoms. The molecule has 0 aliphatic carbocycles. The second-order valence-corrected chi connectivity index (χ2v) is 12.2. The van der Waals surface area contributed by atoms with Gasteiger partial charge in [0, 0.05) is 0 Å². The Kier molecular flexibility index (Phi) is 7.40. The molecule has 0 aromatic heterocycles. The van der Waals surface area contributed by atoms with E-state index in [-0.39, 0.29) is 22.1 Å². The maximum absolute atomic E-state index is 14.0. The number of rotatable bonds is 4. The van der Waals surface area contributed by atoms with E-state index in [1.165, 1.54) is 24.3 Å². The van der Waals surface area contributed by atoms with Gasteiger partial charge in [-0.25, -0.2) is 0 Å². The summed E-state index contributed by atoms with van der Waals surface area (Å²) in [5, 5.41) is 0. The van der Waals surface area contributed by atoms with Gasteiger partial charge >= 0.3 is 26.6 Å². The topological polar surface area (TPSA) is 36.9 Å². The van der Waals surface area contributed by atoms with Crippen molar-refractivity contribution in [3.05, 3.63) is 58.7 Å². The van der Waals surface area contributed by atoms with E-state index >= 15 is 0 Å². The van der Waals surface area contributed by atoms with Crippen LogP contribution in [0.4, 0.5) is 26.3 Å². The molecule has 2 aliphatic heterocycles. The van der Waals surface area contributed by atoms with Crippen LogP contribution in [0.3, 0.4) is 0 Å². The fourth-order valence-corrected chi connectivity index (χ4v) is 4.36. The second-order valence-electron chi connectivity index (χ2n) is 12.2. The summed E-state index contributed by atoms with van der Waals surface area (Å²) < 4.78 is 108. The number of halogens is 6. The minimum atomic E-state index is -4.77. The summed E-state index contributed by atoms with van der Waals surface area (Å²) in [5.41, 5.74) is -5.33. The first-order valence-electron chi connectivity index (χ1n) is 12.9. The Morgan fingerprint density at radius 1 is 0.525 bits per heavy atom. The summed E-state index contributed by atoms with van der Waals surface area (Å²) in [6, 6.07) is 7.06. The monoisotopic (exact) mass is 568 g/mol. The van der Waals surface area contributed by atoms with Crippen LogP contribution in [0.2, 0.25) is 0 Å². The molecule has 0 spiro atoms. The first kappa shape index (κ1) is 30.7. The van der Waals surface area contributed by atoms with Crippen molar-refractivity contribution in [3.8, 4) is 0 Å². The molecule has 2 aromatic carbocycles. The van der Waals surface area contributed by atoms with Gasteiger partial charge in [-0.1, -0.05) is 36.4 Å². The lowest BCUT2D eigenvalue weighted by molar-refractivity contribution is -0.138. The number of benzene rings is 2. The van der Waals surface area contributed by atoms with Gasteiger partial charge in [-0.3, -0.25) is 0 Å². The highest BCUT2D eigenvalue weighted by Crippen LogP contribution is 2.40. The van der Waals surface area contributed by atoms with Gasteiger partial charge in [-0.15, -0.1) is 0 Å². The SMILES string of the molecule is CC1(C)OB(c2ccc(/C=C/c3ccc(B4OC(C)(C)C(C)(C)O4)cc3C(F)(F)F)c(C(F)(F)F)c2)OC1(C)C. The zero-order valence-corrected chi connectivity index (χ0v) is 23.7. The lowest BCUT2D eigenvalue weighted by Gasteiger charge is -2.32. The van der Waals surface area contributed by atoms with Crippen molar-refractivity contribution in [2.45, 2.75) is 90.1 Å². The highest BCUT2D eigenvalue weighted by Gasteiger charge is 2.53. The van der Waals surface area contributed by atoms with Gasteiger partial charge in [0.25, 0.3) is 0 Å². The van der Waals surface area contributed by atoms with Crippen molar-refractivity contribution < 1.29 is 45.0 Å². The van der Waals surface area contributed by atoms with E-state index in [1.54, 1.807) is 55.4 Å². The van der Waals surface area contributed by atoms with Crippen molar-refractivity contribution in [2.75, 3.05) is 0 Å². The van der Waals surface area contributed by atoms with Gasteiger partial charge in [0.1, 0.15) is 0 Å². The summed E-state index contributed by atoms with van der Waals surface area (Å²) >= 11 is 0. The summed E-state index contributed by atoms with van der Waals surface area (Å²) in [6.07, 6.45) is -7.49. The van der Waals surface area contributed by atoms with E-state index in [9.17, 15) is 26.3 Å². The van der Waals surface area contributed by atoms with Crippen LogP contribution in [0.25, 0.3) is 12.2 Å². The Labute approximate surface area is 231 Å². The Morgan fingerprint density at radius 2 is 0.800 bits per heavy atom. The van der Waals surface area contributed by atoms with Gasteiger partial charge in [0.05, 0.1) is 33.5 Å². The zero-order valence-electron chi connectivity index (χ0n) is 23.7. The predicted molar refractivity (Wildman–Crippen MR) is 143 cm³/mol. The van der Waals surface area contributed by atoms with Gasteiger partial charge in [-0.05, 0) is 89.6 Å². The Morgan fingerprint density at radius 3 is 1.05 bits per heavy atom. The minimum absolute atomic E-state index is 0.158. The van der Waals surface area contributed by atoms with Gasteiger partial charge in [-0.2, -0.15) is 26.3 Å². The molecule has 0 radical (unpaired) electrons. The van der Waals surface area contributed by atoms with Crippen LogP contribution in [0.1, 0.15) is 77.6 Å². The third-order valence-corrected chi connectivity index (χ3v) is 8.26. The molecule has 0 saturated carbocycles. The highest BCUT2D eigenvalue weighted by molar-refractivity contribution is 6.62. The molecule has 2 aromatic rings. The minimum Gasteiger partial charge on any atom is -0.399 e. The van der Waals surface area contributed by atoms with E-state index in [0.29, 0.717) is 0 Å². The predicted octanol–water partition coefficient (Wildman–Crippen LogP) is 6.49. The molecular weight excluding hydrogens is 536 g/mol. The molecule has 4 rings (SSSR count). The third kappa shape index (κ3) is 5.73. The molecule has 0 unspecified atom stereocenters. The van der Waals surface area contributed by atoms with E-state index in [1.807, 2.05) is 0 Å². The fourth-order valence-electron chi connectivity index (χ4n) is 4.36. The molecule has 0 bridgehead atoms. The summed E-state index contributed by atoms with van der Waals surface area (Å²) in [5.74, 6) is 0. The standard InChI is InChI=1S/C28H32B2F6O4/c1-23(2)24(3,4)38-29(37-23)19-13-11-17(21(15-19)27(31,32)33)9-10-18-12-14-20(16-22(18)28(34,35)36)30-39-25(5,6)26(7,8)40-30/h9-16H,1-8H3/b10-9+. The van der Waals surface area contributed by atoms with Crippen molar-refractivity contribution >= 4 is 37.3 Å². The quantitative estimate of drug-likeness (QED) is 0.240. The molecule has 2 aliphatic rings. The molecule has 0 amide bonds. The van der Waals surface area contributed by atoms with Crippen LogP contribution in [0.15, 0.2) is 36.4 Å². The maximum Gasteiger partial charge on any atom is 0.494 e. The molecule has 2 saturated heterocycles. The lowest BCUT2D eigenvalue weighted by Crippen LogP contribution is -2.41. The first-order valence-corrected chi connectivity index (χ1v) is 12.9. The Balaban J connectivity index is 1.69. The van der Waals surface area contributed by atoms with E-state index < -0.39 is 60.1 Å². The molecule has 2 fully saturated rings. The first-order chi connectivity index (χ1) is 18.0. The zero-order chi connectivity index (χ0) is 30.1. The molecule has 2 heterocycles.